The van der Waals surface area contributed by atoms with Gasteiger partial charge in [-0.25, -0.2) is 9.98 Å². The van der Waals surface area contributed by atoms with Crippen LogP contribution in [-0.4, -0.2) is 61.0 Å². The summed E-state index contributed by atoms with van der Waals surface area (Å²) in [6.07, 6.45) is 1.43. The number of aliphatic imine (C=N–C) groups is 2. The molecule has 0 radical (unpaired) electrons. The van der Waals surface area contributed by atoms with Gasteiger partial charge in [0.2, 0.25) is 12.1 Å². The van der Waals surface area contributed by atoms with Gasteiger partial charge in [0.05, 0.1) is 23.1 Å². The number of nitrogens with zero attached hydrogens (tertiary/aromatic N) is 4. The summed E-state index contributed by atoms with van der Waals surface area (Å²) in [5.74, 6) is -0.0807. The van der Waals surface area contributed by atoms with Crippen LogP contribution in [0.15, 0.2) is 82.9 Å². The van der Waals surface area contributed by atoms with Crippen molar-refractivity contribution >= 4 is 35.0 Å². The Morgan fingerprint density at radius 1 is 1.10 bits per heavy atom. The first kappa shape index (κ1) is 27.5. The maximum absolute atomic E-state index is 13.0. The van der Waals surface area contributed by atoms with Gasteiger partial charge in [0.25, 0.3) is 11.9 Å². The van der Waals surface area contributed by atoms with Gasteiger partial charge in [0, 0.05) is 37.5 Å². The number of pyridine rings is 1. The number of carbonyl (C=O) groups is 1. The second-order valence-electron chi connectivity index (χ2n) is 8.62. The van der Waals surface area contributed by atoms with Gasteiger partial charge in [-0.15, -0.1) is 0 Å². The lowest BCUT2D eigenvalue weighted by Crippen LogP contribution is -2.30. The molecule has 0 saturated carbocycles. The zero-order valence-corrected chi connectivity index (χ0v) is 22.3. The molecule has 1 fully saturated rings. The lowest BCUT2D eigenvalue weighted by Gasteiger charge is -2.20. The van der Waals surface area contributed by atoms with E-state index in [9.17, 15) is 4.79 Å². The predicted octanol–water partition coefficient (Wildman–Crippen LogP) is 3.81. The van der Waals surface area contributed by atoms with E-state index < -0.39 is 12.1 Å². The molecule has 2 aliphatic rings. The molecule has 2 aromatic carbocycles. The first-order valence-corrected chi connectivity index (χ1v) is 12.9. The Hall–Kier alpha value is -4.57. The van der Waals surface area contributed by atoms with Crippen molar-refractivity contribution < 1.29 is 14.3 Å². The first-order valence-electron chi connectivity index (χ1n) is 12.9. The summed E-state index contributed by atoms with van der Waals surface area (Å²) in [4.78, 5) is 28.4. The van der Waals surface area contributed by atoms with Crippen molar-refractivity contribution in [2.75, 3.05) is 30.4 Å². The highest BCUT2D eigenvalue weighted by Gasteiger charge is 2.28. The summed E-state index contributed by atoms with van der Waals surface area (Å²) in [6.45, 7) is 5.41. The highest BCUT2D eigenvalue weighted by molar-refractivity contribution is 6.19. The standard InChI is InChI=1S/C27H27N7O3.C2H6/c1-36-18-13-15-34(16-18)25-20(11-7-14-30-25)23(28)37-27(29)33-24-26(35)31-21-12-6-5-10-19(21)22(32-24)17-8-3-2-4-9-17;1-2/h2-12,14,18,24,28H,13,15-16H2,1H3,(H2,29,33)(H,31,35);1-2H3. The highest BCUT2D eigenvalue weighted by atomic mass is 16.5. The van der Waals surface area contributed by atoms with E-state index >= 15 is 0 Å². The normalized spacial score (nSPS) is 18.6. The molecule has 3 aromatic rings. The fraction of sp³-hybridized carbons (Fsp3) is 0.276. The second-order valence-corrected chi connectivity index (χ2v) is 8.62. The molecule has 3 heterocycles. The van der Waals surface area contributed by atoms with Crippen LogP contribution < -0.4 is 16.0 Å². The number of nitrogens with two attached hydrogens (primary N) is 1. The zero-order chi connectivity index (χ0) is 27.8. The van der Waals surface area contributed by atoms with Crippen molar-refractivity contribution in [3.8, 4) is 0 Å². The van der Waals surface area contributed by atoms with Crippen molar-refractivity contribution in [1.82, 2.24) is 4.98 Å². The third kappa shape index (κ3) is 6.29. The second kappa shape index (κ2) is 12.8. The van der Waals surface area contributed by atoms with E-state index in [2.05, 4.69) is 20.3 Å². The van der Waals surface area contributed by atoms with Crippen molar-refractivity contribution in [2.45, 2.75) is 32.5 Å². The predicted molar refractivity (Wildman–Crippen MR) is 154 cm³/mol. The minimum Gasteiger partial charge on any atom is -0.407 e. The number of hydrogen-bond acceptors (Lipinski definition) is 8. The summed E-state index contributed by atoms with van der Waals surface area (Å²) >= 11 is 0. The van der Waals surface area contributed by atoms with Crippen molar-refractivity contribution in [1.29, 1.82) is 5.41 Å². The summed E-state index contributed by atoms with van der Waals surface area (Å²) in [7, 11) is 1.68. The Bertz CT molecular complexity index is 1370. The Morgan fingerprint density at radius 3 is 2.59 bits per heavy atom. The van der Waals surface area contributed by atoms with E-state index in [0.717, 1.165) is 24.1 Å². The Kier molecular flexibility index (Phi) is 9.01. The maximum atomic E-state index is 13.0. The van der Waals surface area contributed by atoms with Gasteiger partial charge in [-0.3, -0.25) is 10.2 Å². The Balaban J connectivity index is 0.00000172. The fourth-order valence-electron chi connectivity index (χ4n) is 4.41. The number of amidine groups is 1. The molecule has 1 aromatic heterocycles. The third-order valence-corrected chi connectivity index (χ3v) is 6.24. The number of benzene rings is 2. The van der Waals surface area contributed by atoms with Crippen LogP contribution in [0.4, 0.5) is 11.5 Å². The van der Waals surface area contributed by atoms with Crippen LogP contribution in [0, 0.1) is 5.41 Å². The molecule has 2 aliphatic heterocycles. The number of fused-ring (bicyclic) bond motifs is 1. The van der Waals surface area contributed by atoms with E-state index in [4.69, 9.17) is 20.6 Å². The van der Waals surface area contributed by atoms with Crippen molar-refractivity contribution in [3.05, 3.63) is 89.6 Å². The minimum absolute atomic E-state index is 0.103. The van der Waals surface area contributed by atoms with E-state index in [-0.39, 0.29) is 18.0 Å². The topological polar surface area (TPSA) is 138 Å². The van der Waals surface area contributed by atoms with Gasteiger partial charge >= 0.3 is 0 Å². The third-order valence-electron chi connectivity index (χ3n) is 6.24. The summed E-state index contributed by atoms with van der Waals surface area (Å²) in [5, 5.41) is 11.4. The number of methoxy groups -OCH3 is 1. The quantitative estimate of drug-likeness (QED) is 0.341. The van der Waals surface area contributed by atoms with Crippen molar-refractivity contribution in [2.24, 2.45) is 15.7 Å². The number of para-hydroxylation sites is 1. The molecule has 1 saturated heterocycles. The van der Waals surface area contributed by atoms with E-state index in [1.807, 2.05) is 73.3 Å². The summed E-state index contributed by atoms with van der Waals surface area (Å²) in [6, 6.07) is 20.1. The van der Waals surface area contributed by atoms with Crippen LogP contribution in [-0.2, 0) is 14.3 Å². The maximum Gasteiger partial charge on any atom is 0.291 e. The van der Waals surface area contributed by atoms with Gasteiger partial charge in [-0.2, -0.15) is 4.99 Å². The molecule has 4 N–H and O–H groups in total. The molecule has 0 spiro atoms. The van der Waals surface area contributed by atoms with Crippen LogP contribution in [0.1, 0.15) is 37.0 Å². The summed E-state index contributed by atoms with van der Waals surface area (Å²) in [5.41, 5.74) is 9.36. The molecule has 0 bridgehead atoms. The number of benzodiazepines with no additional fused rings is 1. The molecular weight excluding hydrogens is 494 g/mol. The molecule has 10 nitrogen and oxygen atoms in total. The Morgan fingerprint density at radius 2 is 1.85 bits per heavy atom. The monoisotopic (exact) mass is 527 g/mol. The van der Waals surface area contributed by atoms with E-state index in [1.54, 1.807) is 25.4 Å². The number of nitrogens with one attached hydrogen (secondary N) is 2. The number of ether oxygens (including phenoxy) is 2. The van der Waals surface area contributed by atoms with Gasteiger partial charge in [0.15, 0.2) is 0 Å². The largest absolute Gasteiger partial charge is 0.407 e. The lowest BCUT2D eigenvalue weighted by molar-refractivity contribution is -0.117. The van der Waals surface area contributed by atoms with Crippen LogP contribution in [0.25, 0.3) is 0 Å². The first-order chi connectivity index (χ1) is 19.0. The Labute approximate surface area is 228 Å². The number of anilines is 2. The van der Waals surface area contributed by atoms with Gasteiger partial charge in [0.1, 0.15) is 5.82 Å². The van der Waals surface area contributed by atoms with Gasteiger partial charge < -0.3 is 25.4 Å². The molecule has 2 atom stereocenters. The highest BCUT2D eigenvalue weighted by Crippen LogP contribution is 2.26. The molecule has 0 aliphatic carbocycles. The molecule has 2 unspecified atom stereocenters. The lowest BCUT2D eigenvalue weighted by atomic mass is 10.0. The van der Waals surface area contributed by atoms with Crippen LogP contribution in [0.2, 0.25) is 0 Å². The zero-order valence-electron chi connectivity index (χ0n) is 22.3. The number of aromatic nitrogens is 1. The molecule has 1 amide bonds. The molecule has 10 heteroatoms. The van der Waals surface area contributed by atoms with E-state index in [0.29, 0.717) is 29.3 Å². The average Bonchev–Trinajstić information content (AvgIpc) is 3.41. The van der Waals surface area contributed by atoms with E-state index in [1.165, 1.54) is 0 Å². The molecule has 5 rings (SSSR count). The average molecular weight is 528 g/mol. The molecule has 39 heavy (non-hydrogen) atoms. The number of amides is 1. The fourth-order valence-corrected chi connectivity index (χ4v) is 4.41. The molecule has 202 valence electrons. The number of rotatable bonds is 5. The van der Waals surface area contributed by atoms with Gasteiger partial charge in [-0.05, 0) is 24.6 Å². The number of hydrogen-bond donors (Lipinski definition) is 3. The van der Waals surface area contributed by atoms with Crippen molar-refractivity contribution in [3.63, 3.8) is 0 Å². The summed E-state index contributed by atoms with van der Waals surface area (Å²) < 4.78 is 11.0. The van der Waals surface area contributed by atoms with Crippen LogP contribution in [0.5, 0.6) is 0 Å². The smallest absolute Gasteiger partial charge is 0.291 e. The number of carbonyl (C=O) groups excluding carboxylic acids is 1. The SMILES string of the molecule is CC.COC1CCN(c2ncccc2C(=N)O/C(N)=N/C2N=C(c3ccccc3)c3ccccc3NC2=O)C1. The minimum atomic E-state index is -1.20. The van der Waals surface area contributed by atoms with Gasteiger partial charge in [-0.1, -0.05) is 62.4 Å². The van der Waals surface area contributed by atoms with Crippen LogP contribution >= 0.6 is 0 Å². The molecular formula is C29H33N7O3. The van der Waals surface area contributed by atoms with Crippen LogP contribution in [0.3, 0.4) is 0 Å².